The average molecular weight is 537 g/mol. The monoisotopic (exact) mass is 536 g/mol. The van der Waals surface area contributed by atoms with Gasteiger partial charge in [0.15, 0.2) is 0 Å². The van der Waals surface area contributed by atoms with E-state index in [1.54, 1.807) is 13.2 Å². The molecule has 4 aliphatic rings. The number of fused-ring (bicyclic) bond motifs is 3. The third-order valence-electron chi connectivity index (χ3n) is 8.06. The molecule has 3 N–H and O–H groups in total. The second-order valence-corrected chi connectivity index (χ2v) is 10.9. The Bertz CT molecular complexity index is 940. The number of halogens is 1. The van der Waals surface area contributed by atoms with Crippen LogP contribution in [0.2, 0.25) is 5.02 Å². The average Bonchev–Trinajstić information content (AvgIpc) is 2.91. The number of carbonyl (C=O) groups excluding carboxylic acids is 2. The van der Waals surface area contributed by atoms with Gasteiger partial charge in [-0.3, -0.25) is 14.5 Å². The molecule has 0 spiro atoms. The van der Waals surface area contributed by atoms with Gasteiger partial charge in [-0.2, -0.15) is 0 Å². The Hall–Kier alpha value is -2.07. The van der Waals surface area contributed by atoms with Gasteiger partial charge in [0.25, 0.3) is 5.91 Å². The molecule has 2 bridgehead atoms. The van der Waals surface area contributed by atoms with Crippen molar-refractivity contribution in [3.8, 4) is 5.75 Å². The summed E-state index contributed by atoms with van der Waals surface area (Å²) in [6, 6.07) is 2.98. The smallest absolute Gasteiger partial charge is 0.306 e. The van der Waals surface area contributed by atoms with Crippen LogP contribution in [-0.2, 0) is 14.3 Å². The zero-order valence-electron chi connectivity index (χ0n) is 22.0. The predicted molar refractivity (Wildman–Crippen MR) is 143 cm³/mol. The first-order chi connectivity index (χ1) is 17.9. The molecule has 37 heavy (non-hydrogen) atoms. The first kappa shape index (κ1) is 28.0. The molecule has 0 saturated carbocycles. The summed E-state index contributed by atoms with van der Waals surface area (Å²) in [7, 11) is 3.17. The number of rotatable bonds is 11. The molecule has 9 nitrogen and oxygen atoms in total. The number of nitrogens with zero attached hydrogens (tertiary/aromatic N) is 2. The Kier molecular flexibility index (Phi) is 9.92. The molecule has 0 aliphatic carbocycles. The largest absolute Gasteiger partial charge is 0.496 e. The van der Waals surface area contributed by atoms with E-state index in [4.69, 9.17) is 31.5 Å². The van der Waals surface area contributed by atoms with Gasteiger partial charge in [0, 0.05) is 39.2 Å². The summed E-state index contributed by atoms with van der Waals surface area (Å²) in [6.45, 7) is 5.76. The predicted octanol–water partition coefficient (Wildman–Crippen LogP) is 2.95. The van der Waals surface area contributed by atoms with Crippen LogP contribution in [0.3, 0.4) is 0 Å². The van der Waals surface area contributed by atoms with Crippen LogP contribution in [0.25, 0.3) is 0 Å². The SMILES string of the molecule is COc1cc(N)c(Cl)cc1C(=O)N[C@H]1CCN(CCCCCC(=O)O[C@@H]2CN3CCC2CC3)C[C@H]1OC. The minimum absolute atomic E-state index is 0.0474. The molecular formula is C27H41ClN4O5. The second kappa shape index (κ2) is 13.1. The zero-order valence-corrected chi connectivity index (χ0v) is 22.8. The summed E-state index contributed by atoms with van der Waals surface area (Å²) in [5.74, 6) is 0.637. The molecule has 5 rings (SSSR count). The van der Waals surface area contributed by atoms with E-state index in [9.17, 15) is 9.59 Å². The van der Waals surface area contributed by atoms with Crippen LogP contribution in [0.1, 0.15) is 55.3 Å². The number of anilines is 1. The van der Waals surface area contributed by atoms with Crippen molar-refractivity contribution in [3.05, 3.63) is 22.7 Å². The van der Waals surface area contributed by atoms with Crippen LogP contribution in [0.5, 0.6) is 5.75 Å². The summed E-state index contributed by atoms with van der Waals surface area (Å²) in [4.78, 5) is 30.0. The maximum absolute atomic E-state index is 13.0. The number of likely N-dealkylation sites (tertiary alicyclic amines) is 1. The third kappa shape index (κ3) is 7.28. The van der Waals surface area contributed by atoms with E-state index in [2.05, 4.69) is 15.1 Å². The van der Waals surface area contributed by atoms with Gasteiger partial charge in [-0.1, -0.05) is 18.0 Å². The lowest BCUT2D eigenvalue weighted by Crippen LogP contribution is -2.54. The molecule has 206 valence electrons. The van der Waals surface area contributed by atoms with E-state index in [0.717, 1.165) is 77.8 Å². The summed E-state index contributed by atoms with van der Waals surface area (Å²) in [5, 5.41) is 3.40. The van der Waals surface area contributed by atoms with Crippen LogP contribution >= 0.6 is 11.6 Å². The van der Waals surface area contributed by atoms with Gasteiger partial charge in [-0.15, -0.1) is 0 Å². The van der Waals surface area contributed by atoms with Gasteiger partial charge >= 0.3 is 5.97 Å². The summed E-state index contributed by atoms with van der Waals surface area (Å²) in [5.41, 5.74) is 6.56. The highest BCUT2D eigenvalue weighted by Gasteiger charge is 2.36. The summed E-state index contributed by atoms with van der Waals surface area (Å²) < 4.78 is 16.8. The number of amides is 1. The van der Waals surface area contributed by atoms with E-state index in [0.29, 0.717) is 34.4 Å². The Morgan fingerprint density at radius 3 is 2.51 bits per heavy atom. The van der Waals surface area contributed by atoms with Crippen LogP contribution in [0.4, 0.5) is 5.69 Å². The molecule has 4 heterocycles. The van der Waals surface area contributed by atoms with E-state index in [1.165, 1.54) is 13.2 Å². The summed E-state index contributed by atoms with van der Waals surface area (Å²) >= 11 is 6.13. The Morgan fingerprint density at radius 1 is 1.05 bits per heavy atom. The number of piperidine rings is 4. The number of hydrogen-bond acceptors (Lipinski definition) is 8. The number of benzene rings is 1. The number of nitrogens with two attached hydrogens (primary N) is 1. The van der Waals surface area contributed by atoms with Gasteiger partial charge in [-0.25, -0.2) is 0 Å². The third-order valence-corrected chi connectivity index (χ3v) is 8.39. The van der Waals surface area contributed by atoms with E-state index < -0.39 is 0 Å². The second-order valence-electron chi connectivity index (χ2n) is 10.5. The molecule has 0 unspecified atom stereocenters. The number of nitrogen functional groups attached to an aromatic ring is 1. The van der Waals surface area contributed by atoms with Crippen molar-refractivity contribution < 1.29 is 23.8 Å². The molecule has 1 aromatic carbocycles. The van der Waals surface area contributed by atoms with Crippen molar-refractivity contribution in [1.82, 2.24) is 15.1 Å². The van der Waals surface area contributed by atoms with Crippen molar-refractivity contribution in [2.24, 2.45) is 5.92 Å². The van der Waals surface area contributed by atoms with Gasteiger partial charge in [0.1, 0.15) is 11.9 Å². The van der Waals surface area contributed by atoms with Gasteiger partial charge in [0.05, 0.1) is 35.5 Å². The van der Waals surface area contributed by atoms with E-state index >= 15 is 0 Å². The molecule has 4 saturated heterocycles. The lowest BCUT2D eigenvalue weighted by molar-refractivity contribution is -0.158. The van der Waals surface area contributed by atoms with Crippen molar-refractivity contribution in [2.45, 2.75) is 63.2 Å². The molecule has 10 heteroatoms. The fraction of sp³-hybridized carbons (Fsp3) is 0.704. The van der Waals surface area contributed by atoms with E-state index in [1.807, 2.05) is 0 Å². The van der Waals surface area contributed by atoms with Crippen molar-refractivity contribution >= 4 is 29.2 Å². The fourth-order valence-electron chi connectivity index (χ4n) is 5.80. The lowest BCUT2D eigenvalue weighted by Gasteiger charge is -2.43. The van der Waals surface area contributed by atoms with Crippen LogP contribution in [-0.4, -0.2) is 93.4 Å². The van der Waals surface area contributed by atoms with Crippen molar-refractivity contribution in [1.29, 1.82) is 0 Å². The van der Waals surface area contributed by atoms with Crippen molar-refractivity contribution in [3.63, 3.8) is 0 Å². The lowest BCUT2D eigenvalue weighted by atomic mass is 9.86. The number of ether oxygens (including phenoxy) is 3. The fourth-order valence-corrected chi connectivity index (χ4v) is 5.97. The first-order valence-corrected chi connectivity index (χ1v) is 13.9. The highest BCUT2D eigenvalue weighted by atomic mass is 35.5. The minimum atomic E-state index is -0.260. The molecule has 4 fully saturated rings. The number of carbonyl (C=O) groups is 2. The van der Waals surface area contributed by atoms with Gasteiger partial charge in [0.2, 0.25) is 0 Å². The number of hydrogen-bond donors (Lipinski definition) is 2. The van der Waals surface area contributed by atoms with E-state index in [-0.39, 0.29) is 30.1 Å². The standard InChI is InChI=1S/C27H41ClN4O5/c1-35-23-15-21(29)20(28)14-19(23)27(34)30-22-9-13-31(17-25(22)36-2)10-5-3-4-6-26(33)37-24-16-32-11-7-18(24)8-12-32/h14-15,18,22,24-25H,3-13,16-17,29H2,1-2H3,(H,30,34)/t22-,24+,25+/m0/s1. The Balaban J connectivity index is 1.15. The summed E-state index contributed by atoms with van der Waals surface area (Å²) in [6.07, 6.45) is 6.42. The molecule has 0 radical (unpaired) electrons. The maximum atomic E-state index is 13.0. The highest BCUT2D eigenvalue weighted by molar-refractivity contribution is 6.33. The van der Waals surface area contributed by atoms with Crippen LogP contribution in [0, 0.1) is 5.92 Å². The topological polar surface area (TPSA) is 106 Å². The number of unbranched alkanes of at least 4 members (excludes halogenated alkanes) is 2. The Morgan fingerprint density at radius 2 is 1.84 bits per heavy atom. The molecule has 0 aromatic heterocycles. The van der Waals surface area contributed by atoms with Crippen LogP contribution < -0.4 is 15.8 Å². The van der Waals surface area contributed by atoms with Gasteiger partial charge in [-0.05, 0) is 63.7 Å². The minimum Gasteiger partial charge on any atom is -0.496 e. The van der Waals surface area contributed by atoms with Crippen molar-refractivity contribution in [2.75, 3.05) is 59.2 Å². The molecular weight excluding hydrogens is 496 g/mol. The number of methoxy groups -OCH3 is 2. The molecule has 1 amide bonds. The maximum Gasteiger partial charge on any atom is 0.306 e. The Labute approximate surface area is 224 Å². The van der Waals surface area contributed by atoms with Gasteiger partial charge < -0.3 is 30.2 Å². The normalized spacial score (nSPS) is 27.6. The zero-order chi connectivity index (χ0) is 26.4. The molecule has 3 atom stereocenters. The quantitative estimate of drug-likeness (QED) is 0.252. The number of nitrogens with one attached hydrogen (secondary N) is 1. The first-order valence-electron chi connectivity index (χ1n) is 13.5. The number of esters is 1. The molecule has 1 aromatic rings. The van der Waals surface area contributed by atoms with Crippen LogP contribution in [0.15, 0.2) is 12.1 Å². The highest BCUT2D eigenvalue weighted by Crippen LogP contribution is 2.30. The molecule has 4 aliphatic heterocycles.